The Balaban J connectivity index is 2.25. The van der Waals surface area contributed by atoms with Crippen molar-refractivity contribution < 1.29 is 42.8 Å². The van der Waals surface area contributed by atoms with E-state index in [1.807, 2.05) is 6.92 Å². The molecule has 0 spiro atoms. The molecule has 0 bridgehead atoms. The molecule has 2 aliphatic heterocycles. The molecule has 9 nitrogen and oxygen atoms in total. The number of carbonyl (C=O) groups excluding carboxylic acids is 3. The SMILES string of the molecule is CCCC(=O)OC[C@]1(COC(C)=O)O[C@@H]2OC(C)(C)O[C@@H]2[C@H]1OC(C)=O. The first-order valence-electron chi connectivity index (χ1n) is 8.58. The molecule has 0 N–H and O–H groups in total. The Hall–Kier alpha value is -1.71. The van der Waals surface area contributed by atoms with Gasteiger partial charge < -0.3 is 28.4 Å². The van der Waals surface area contributed by atoms with Crippen molar-refractivity contribution >= 4 is 17.9 Å². The van der Waals surface area contributed by atoms with E-state index in [1.54, 1.807) is 13.8 Å². The molecule has 0 saturated carbocycles. The standard InChI is InChI=1S/C17H26O9/c1-6-7-12(20)22-9-17(8-21-10(2)18)14(23-11(3)19)13-15(26-17)25-16(4,5)24-13/h13-15H,6-9H2,1-5H3/t13-,14-,15+,17+/m1/s1. The molecule has 0 aromatic heterocycles. The van der Waals surface area contributed by atoms with Crippen molar-refractivity contribution in [2.24, 2.45) is 0 Å². The predicted octanol–water partition coefficient (Wildman–Crippen LogP) is 1.07. The van der Waals surface area contributed by atoms with Crippen molar-refractivity contribution in [2.45, 2.75) is 77.3 Å². The molecule has 26 heavy (non-hydrogen) atoms. The quantitative estimate of drug-likeness (QED) is 0.478. The number of hydrogen-bond donors (Lipinski definition) is 0. The normalized spacial score (nSPS) is 32.0. The van der Waals surface area contributed by atoms with E-state index in [-0.39, 0.29) is 19.6 Å². The van der Waals surface area contributed by atoms with Crippen LogP contribution in [-0.2, 0) is 42.8 Å². The van der Waals surface area contributed by atoms with E-state index in [0.717, 1.165) is 0 Å². The van der Waals surface area contributed by atoms with Crippen molar-refractivity contribution in [1.82, 2.24) is 0 Å². The lowest BCUT2D eigenvalue weighted by Gasteiger charge is -2.35. The molecule has 2 rings (SSSR count). The molecule has 2 heterocycles. The van der Waals surface area contributed by atoms with Crippen LogP contribution in [0.25, 0.3) is 0 Å². The summed E-state index contributed by atoms with van der Waals surface area (Å²) < 4.78 is 33.2. The molecule has 0 unspecified atom stereocenters. The summed E-state index contributed by atoms with van der Waals surface area (Å²) in [5.74, 6) is -2.48. The van der Waals surface area contributed by atoms with Gasteiger partial charge in [0, 0.05) is 20.3 Å². The Labute approximate surface area is 152 Å². The second-order valence-corrected chi connectivity index (χ2v) is 6.87. The molecule has 0 aliphatic carbocycles. The van der Waals surface area contributed by atoms with E-state index in [9.17, 15) is 14.4 Å². The number of esters is 3. The van der Waals surface area contributed by atoms with Gasteiger partial charge in [0.15, 0.2) is 29.9 Å². The molecular weight excluding hydrogens is 348 g/mol. The molecule has 2 saturated heterocycles. The average molecular weight is 374 g/mol. The van der Waals surface area contributed by atoms with Gasteiger partial charge in [-0.05, 0) is 20.3 Å². The zero-order valence-electron chi connectivity index (χ0n) is 15.7. The predicted molar refractivity (Wildman–Crippen MR) is 85.7 cm³/mol. The fraction of sp³-hybridized carbons (Fsp3) is 0.824. The zero-order valence-corrected chi connectivity index (χ0v) is 15.7. The Morgan fingerprint density at radius 2 is 1.62 bits per heavy atom. The first-order valence-corrected chi connectivity index (χ1v) is 8.58. The molecule has 4 atom stereocenters. The van der Waals surface area contributed by atoms with Crippen LogP contribution < -0.4 is 0 Å². The Kier molecular flexibility index (Phi) is 6.25. The summed E-state index contributed by atoms with van der Waals surface area (Å²) in [5.41, 5.74) is -1.41. The van der Waals surface area contributed by atoms with Gasteiger partial charge in [0.25, 0.3) is 0 Å². The lowest BCUT2D eigenvalue weighted by atomic mass is 9.96. The highest BCUT2D eigenvalue weighted by molar-refractivity contribution is 5.69. The smallest absolute Gasteiger partial charge is 0.305 e. The van der Waals surface area contributed by atoms with Crippen LogP contribution in [0.3, 0.4) is 0 Å². The van der Waals surface area contributed by atoms with Gasteiger partial charge in [-0.2, -0.15) is 0 Å². The number of rotatable bonds is 7. The molecular formula is C17H26O9. The van der Waals surface area contributed by atoms with Gasteiger partial charge in [0.2, 0.25) is 0 Å². The first kappa shape index (κ1) is 20.6. The third-order valence-corrected chi connectivity index (χ3v) is 4.00. The highest BCUT2D eigenvalue weighted by Gasteiger charge is 2.65. The largest absolute Gasteiger partial charge is 0.462 e. The topological polar surface area (TPSA) is 107 Å². The molecule has 2 aliphatic rings. The number of carbonyl (C=O) groups is 3. The van der Waals surface area contributed by atoms with Crippen LogP contribution in [-0.4, -0.2) is 61.0 Å². The average Bonchev–Trinajstić information content (AvgIpc) is 2.94. The molecule has 0 aromatic carbocycles. The van der Waals surface area contributed by atoms with Gasteiger partial charge in [-0.15, -0.1) is 0 Å². The third kappa shape index (κ3) is 4.72. The monoisotopic (exact) mass is 374 g/mol. The summed E-state index contributed by atoms with van der Waals surface area (Å²) in [5, 5.41) is 0. The van der Waals surface area contributed by atoms with Gasteiger partial charge in [-0.1, -0.05) is 6.92 Å². The van der Waals surface area contributed by atoms with Crippen molar-refractivity contribution in [3.05, 3.63) is 0 Å². The number of ether oxygens (including phenoxy) is 6. The van der Waals surface area contributed by atoms with E-state index in [1.165, 1.54) is 13.8 Å². The van der Waals surface area contributed by atoms with Crippen LogP contribution in [0.4, 0.5) is 0 Å². The zero-order chi connectivity index (χ0) is 19.5. The molecule has 148 valence electrons. The van der Waals surface area contributed by atoms with E-state index in [2.05, 4.69) is 0 Å². The summed E-state index contributed by atoms with van der Waals surface area (Å²) in [6, 6.07) is 0. The fourth-order valence-electron chi connectivity index (χ4n) is 2.98. The highest BCUT2D eigenvalue weighted by atomic mass is 16.9. The Morgan fingerprint density at radius 1 is 0.962 bits per heavy atom. The van der Waals surface area contributed by atoms with E-state index in [4.69, 9.17) is 28.4 Å². The summed E-state index contributed by atoms with van der Waals surface area (Å²) in [6.45, 7) is 7.19. The fourth-order valence-corrected chi connectivity index (χ4v) is 2.98. The second kappa shape index (κ2) is 7.89. The van der Waals surface area contributed by atoms with Crippen molar-refractivity contribution in [3.63, 3.8) is 0 Å². The van der Waals surface area contributed by atoms with Crippen LogP contribution in [0.5, 0.6) is 0 Å². The summed E-state index contributed by atoms with van der Waals surface area (Å²) >= 11 is 0. The highest BCUT2D eigenvalue weighted by Crippen LogP contribution is 2.44. The van der Waals surface area contributed by atoms with Crippen LogP contribution in [0.2, 0.25) is 0 Å². The van der Waals surface area contributed by atoms with Crippen LogP contribution in [0, 0.1) is 0 Å². The van der Waals surface area contributed by atoms with Crippen LogP contribution >= 0.6 is 0 Å². The minimum atomic E-state index is -1.41. The number of fused-ring (bicyclic) bond motifs is 1. The van der Waals surface area contributed by atoms with Crippen molar-refractivity contribution in [3.8, 4) is 0 Å². The molecule has 0 aromatic rings. The molecule has 0 radical (unpaired) electrons. The summed E-state index contributed by atoms with van der Waals surface area (Å²) in [7, 11) is 0. The van der Waals surface area contributed by atoms with Crippen LogP contribution in [0.15, 0.2) is 0 Å². The Bertz CT molecular complexity index is 558. The van der Waals surface area contributed by atoms with Gasteiger partial charge in [-0.3, -0.25) is 14.4 Å². The van der Waals surface area contributed by atoms with E-state index >= 15 is 0 Å². The second-order valence-electron chi connectivity index (χ2n) is 6.87. The molecule has 0 amide bonds. The maximum absolute atomic E-state index is 11.8. The minimum absolute atomic E-state index is 0.231. The molecule has 2 fully saturated rings. The van der Waals surface area contributed by atoms with Crippen molar-refractivity contribution in [2.75, 3.05) is 13.2 Å². The van der Waals surface area contributed by atoms with Gasteiger partial charge >= 0.3 is 17.9 Å². The lowest BCUT2D eigenvalue weighted by molar-refractivity contribution is -0.258. The summed E-state index contributed by atoms with van der Waals surface area (Å²) in [4.78, 5) is 34.7. The van der Waals surface area contributed by atoms with Gasteiger partial charge in [-0.25, -0.2) is 0 Å². The third-order valence-electron chi connectivity index (χ3n) is 4.00. The summed E-state index contributed by atoms with van der Waals surface area (Å²) in [6.07, 6.45) is -1.71. The maximum atomic E-state index is 11.8. The van der Waals surface area contributed by atoms with E-state index in [0.29, 0.717) is 6.42 Å². The van der Waals surface area contributed by atoms with E-state index < -0.39 is 47.8 Å². The van der Waals surface area contributed by atoms with Gasteiger partial charge in [0.1, 0.15) is 13.2 Å². The van der Waals surface area contributed by atoms with Crippen molar-refractivity contribution in [1.29, 1.82) is 0 Å². The van der Waals surface area contributed by atoms with Gasteiger partial charge in [0.05, 0.1) is 0 Å². The minimum Gasteiger partial charge on any atom is -0.462 e. The Morgan fingerprint density at radius 3 is 2.19 bits per heavy atom. The maximum Gasteiger partial charge on any atom is 0.305 e. The number of hydrogen-bond acceptors (Lipinski definition) is 9. The molecule has 9 heteroatoms. The first-order chi connectivity index (χ1) is 12.1. The lowest BCUT2D eigenvalue weighted by Crippen LogP contribution is -2.54. The van der Waals surface area contributed by atoms with Crippen LogP contribution in [0.1, 0.15) is 47.5 Å².